The number of benzene rings is 2. The van der Waals surface area contributed by atoms with Crippen LogP contribution in [0.2, 0.25) is 0 Å². The third-order valence-corrected chi connectivity index (χ3v) is 5.25. The summed E-state index contributed by atoms with van der Waals surface area (Å²) in [6, 6.07) is 9.94. The molecule has 2 rings (SSSR count). The van der Waals surface area contributed by atoms with Crippen LogP contribution in [0.25, 0.3) is 0 Å². The molecule has 1 unspecified atom stereocenters. The molecule has 0 spiro atoms. The first kappa shape index (κ1) is 23.7. The van der Waals surface area contributed by atoms with Gasteiger partial charge in [-0.15, -0.1) is 10.2 Å². The van der Waals surface area contributed by atoms with E-state index in [-0.39, 0.29) is 26.3 Å². The number of hydrogen-bond acceptors (Lipinski definition) is 10. The Morgan fingerprint density at radius 2 is 1.69 bits per heavy atom. The highest BCUT2D eigenvalue weighted by Gasteiger charge is 2.23. The number of amides is 1. The molecule has 1 amide bonds. The zero-order valence-corrected chi connectivity index (χ0v) is 17.1. The highest BCUT2D eigenvalue weighted by molar-refractivity contribution is 7.89. The van der Waals surface area contributed by atoms with Crippen molar-refractivity contribution >= 4 is 39.2 Å². The summed E-state index contributed by atoms with van der Waals surface area (Å²) < 4.78 is 29.1. The van der Waals surface area contributed by atoms with E-state index in [1.54, 1.807) is 0 Å². The van der Waals surface area contributed by atoms with E-state index in [9.17, 15) is 23.3 Å². The number of azo groups is 1. The summed E-state index contributed by atoms with van der Waals surface area (Å²) in [6.45, 7) is 0. The van der Waals surface area contributed by atoms with Gasteiger partial charge in [-0.2, -0.15) is 18.9 Å². The molecule has 0 saturated carbocycles. The number of carbonyl (C=O) groups is 1. The number of sulfonamides is 1. The van der Waals surface area contributed by atoms with Crippen molar-refractivity contribution in [2.45, 2.75) is 11.0 Å². The molecule has 0 aromatic heterocycles. The van der Waals surface area contributed by atoms with Crippen molar-refractivity contribution in [3.8, 4) is 12.4 Å². The molecule has 1 atom stereocenters. The first-order valence-electron chi connectivity index (χ1n) is 8.45. The lowest BCUT2D eigenvalue weighted by Crippen LogP contribution is -2.22. The number of nitro groups is 1. The second-order valence-corrected chi connectivity index (χ2v) is 7.50. The smallest absolute Gasteiger partial charge is 0.298 e. The third-order valence-electron chi connectivity index (χ3n) is 3.74. The van der Waals surface area contributed by atoms with Gasteiger partial charge in [-0.3, -0.25) is 19.9 Å². The van der Waals surface area contributed by atoms with Gasteiger partial charge in [-0.25, -0.2) is 0 Å². The number of hydrogen-bond donors (Lipinski definition) is 0. The molecule has 0 fully saturated rings. The minimum atomic E-state index is -4.29. The van der Waals surface area contributed by atoms with E-state index >= 15 is 0 Å². The molecule has 0 aliphatic heterocycles. The number of aliphatic imine (C=N–C) groups is 1. The van der Waals surface area contributed by atoms with Gasteiger partial charge >= 0.3 is 0 Å². The van der Waals surface area contributed by atoms with Crippen LogP contribution in [0.4, 0.5) is 17.1 Å². The molecular weight excluding hydrogens is 442 g/mol. The van der Waals surface area contributed by atoms with Gasteiger partial charge in [0.25, 0.3) is 21.6 Å². The van der Waals surface area contributed by atoms with Crippen LogP contribution in [0, 0.1) is 33.0 Å². The number of nitriles is 2. The highest BCUT2D eigenvalue weighted by atomic mass is 32.2. The van der Waals surface area contributed by atoms with Crippen LogP contribution in [-0.4, -0.2) is 43.0 Å². The fraction of sp³-hybridized carbons (Fsp3) is 0.111. The van der Waals surface area contributed by atoms with E-state index in [1.807, 2.05) is 0 Å². The molecule has 0 bridgehead atoms. The zero-order chi connectivity index (χ0) is 23.7. The van der Waals surface area contributed by atoms with Crippen molar-refractivity contribution in [2.75, 3.05) is 7.11 Å². The summed E-state index contributed by atoms with van der Waals surface area (Å²) >= 11 is 0. The maximum atomic E-state index is 12.1. The van der Waals surface area contributed by atoms with Crippen LogP contribution in [0.15, 0.2) is 68.6 Å². The molecule has 14 heteroatoms. The number of methoxy groups -OCH3 is 1. The third kappa shape index (κ3) is 5.76. The van der Waals surface area contributed by atoms with Gasteiger partial charge in [-0.05, 0) is 36.4 Å². The van der Waals surface area contributed by atoms with E-state index in [1.165, 1.54) is 55.9 Å². The number of non-ortho nitro benzene ring substituents is 1. The molecule has 0 heterocycles. The van der Waals surface area contributed by atoms with Crippen LogP contribution >= 0.6 is 0 Å². The lowest BCUT2D eigenvalue weighted by Gasteiger charge is -2.07. The van der Waals surface area contributed by atoms with Crippen molar-refractivity contribution in [1.29, 1.82) is 10.5 Å². The Hall–Kier alpha value is -4.53. The summed E-state index contributed by atoms with van der Waals surface area (Å²) in [7, 11) is -3.05. The van der Waals surface area contributed by atoms with E-state index in [0.29, 0.717) is 0 Å². The van der Waals surface area contributed by atoms with Gasteiger partial charge in [-0.1, -0.05) is 4.31 Å². The van der Waals surface area contributed by atoms with Crippen LogP contribution in [0.1, 0.15) is 0 Å². The first-order valence-corrected chi connectivity index (χ1v) is 9.89. The van der Waals surface area contributed by atoms with Crippen molar-refractivity contribution < 1.29 is 22.9 Å². The summed E-state index contributed by atoms with van der Waals surface area (Å²) in [4.78, 5) is 25.9. The number of ether oxygens (including phenoxy) is 1. The van der Waals surface area contributed by atoms with Gasteiger partial charge in [0.1, 0.15) is 0 Å². The number of rotatable bonds is 8. The second-order valence-electron chi connectivity index (χ2n) is 5.71. The van der Waals surface area contributed by atoms with Crippen LogP contribution in [-0.2, 0) is 19.6 Å². The molecule has 162 valence electrons. The Morgan fingerprint density at radius 3 is 2.19 bits per heavy atom. The molecule has 0 aliphatic rings. The van der Waals surface area contributed by atoms with Gasteiger partial charge in [0.05, 0.1) is 21.2 Å². The number of carbonyl (C=O) groups excluding carboxylic acids is 1. The van der Waals surface area contributed by atoms with Crippen LogP contribution < -0.4 is 0 Å². The number of nitrogens with zero attached hydrogens (tertiary/aromatic N) is 7. The van der Waals surface area contributed by atoms with Crippen molar-refractivity contribution in [2.24, 2.45) is 15.2 Å². The normalized spacial score (nSPS) is 12.2. The molecule has 32 heavy (non-hydrogen) atoms. The van der Waals surface area contributed by atoms with E-state index in [0.717, 1.165) is 18.3 Å². The summed E-state index contributed by atoms with van der Waals surface area (Å²) in [6.07, 6.45) is 2.42. The Morgan fingerprint density at radius 1 is 1.12 bits per heavy atom. The van der Waals surface area contributed by atoms with Crippen LogP contribution in [0.3, 0.4) is 0 Å². The predicted molar refractivity (Wildman–Crippen MR) is 108 cm³/mol. The Labute approximate surface area is 181 Å². The molecule has 0 aliphatic carbocycles. The Balaban J connectivity index is 2.10. The van der Waals surface area contributed by atoms with E-state index in [2.05, 4.69) is 15.2 Å². The maximum Gasteiger partial charge on any atom is 0.298 e. The fourth-order valence-electron chi connectivity index (χ4n) is 2.12. The largest absolute Gasteiger partial charge is 0.366 e. The Bertz CT molecular complexity index is 1230. The molecule has 13 nitrogen and oxygen atoms in total. The molecule has 2 aromatic rings. The monoisotopic (exact) mass is 455 g/mol. The van der Waals surface area contributed by atoms with Crippen molar-refractivity contribution in [3.05, 3.63) is 58.6 Å². The summed E-state index contributed by atoms with van der Waals surface area (Å²) in [5.74, 6) is -0.799. The standard InChI is InChI=1S/C18H13N7O6S/c1-31-17(18(26)23-22-14-2-6-15(7-3-14)25(27)28)10-21-13-4-8-16(9-5-13)32(29,30)24(11-19)12-20/h2-10,17H,1H3. The predicted octanol–water partition coefficient (Wildman–Crippen LogP) is 2.58. The summed E-state index contributed by atoms with van der Waals surface area (Å²) in [5.41, 5.74) is 0.340. The van der Waals surface area contributed by atoms with E-state index < -0.39 is 27.0 Å². The average molecular weight is 455 g/mol. The van der Waals surface area contributed by atoms with Gasteiger partial charge in [0.2, 0.25) is 12.4 Å². The molecular formula is C18H13N7O6S. The van der Waals surface area contributed by atoms with Crippen molar-refractivity contribution in [1.82, 2.24) is 4.31 Å². The highest BCUT2D eigenvalue weighted by Crippen LogP contribution is 2.20. The van der Waals surface area contributed by atoms with Crippen LogP contribution in [0.5, 0.6) is 0 Å². The SMILES string of the molecule is COC(C=Nc1ccc(S(=O)(=O)N(C#N)C#N)cc1)C(=O)N=Nc1ccc([N+](=O)[O-])cc1. The first-order chi connectivity index (χ1) is 15.2. The lowest BCUT2D eigenvalue weighted by atomic mass is 10.3. The number of nitro benzene ring substituents is 1. The van der Waals surface area contributed by atoms with Gasteiger partial charge in [0, 0.05) is 25.5 Å². The lowest BCUT2D eigenvalue weighted by molar-refractivity contribution is -0.384. The Kier molecular flexibility index (Phi) is 7.78. The maximum absolute atomic E-state index is 12.1. The average Bonchev–Trinajstić information content (AvgIpc) is 2.79. The zero-order valence-electron chi connectivity index (χ0n) is 16.3. The quantitative estimate of drug-likeness (QED) is 0.145. The van der Waals surface area contributed by atoms with Gasteiger partial charge in [0.15, 0.2) is 6.10 Å². The topological polar surface area (TPSA) is 191 Å². The minimum Gasteiger partial charge on any atom is -0.366 e. The molecule has 0 saturated heterocycles. The molecule has 0 radical (unpaired) electrons. The summed E-state index contributed by atoms with van der Waals surface area (Å²) in [5, 5.41) is 35.2. The van der Waals surface area contributed by atoms with Crippen molar-refractivity contribution in [3.63, 3.8) is 0 Å². The van der Waals surface area contributed by atoms with Gasteiger partial charge < -0.3 is 4.74 Å². The minimum absolute atomic E-state index is 0.0408. The second kappa shape index (κ2) is 10.5. The molecule has 0 N–H and O–H groups in total. The fourth-order valence-corrected chi connectivity index (χ4v) is 3.03. The van der Waals surface area contributed by atoms with E-state index in [4.69, 9.17) is 15.3 Å². The molecule has 2 aromatic carbocycles.